The Balaban J connectivity index is 1.57. The zero-order chi connectivity index (χ0) is 15.7. The van der Waals surface area contributed by atoms with E-state index in [9.17, 15) is 9.59 Å². The highest BCUT2D eigenvalue weighted by Gasteiger charge is 2.48. The average molecular weight is 300 g/mol. The molecule has 1 aliphatic carbocycles. The minimum absolute atomic E-state index is 0.233. The molecule has 6 heteroatoms. The lowest BCUT2D eigenvalue weighted by Gasteiger charge is -2.00. The first-order valence-corrected chi connectivity index (χ1v) is 7.06. The van der Waals surface area contributed by atoms with E-state index in [0.29, 0.717) is 18.0 Å². The molecule has 2 unspecified atom stereocenters. The SMILES string of the molecule is Cc1ccc(-c2nc(CNC(=O)C3CC3C(=O)O)co2)cc1. The predicted octanol–water partition coefficient (Wildman–Crippen LogP) is 1.99. The van der Waals surface area contributed by atoms with E-state index < -0.39 is 17.8 Å². The molecule has 2 N–H and O–H groups in total. The van der Waals surface area contributed by atoms with Gasteiger partial charge in [-0.25, -0.2) is 4.98 Å². The van der Waals surface area contributed by atoms with Gasteiger partial charge in [0.25, 0.3) is 0 Å². The van der Waals surface area contributed by atoms with Crippen LogP contribution in [0.2, 0.25) is 0 Å². The topological polar surface area (TPSA) is 92.4 Å². The number of nitrogens with one attached hydrogen (secondary N) is 1. The molecule has 0 saturated heterocycles. The van der Waals surface area contributed by atoms with E-state index in [1.54, 1.807) is 0 Å². The molecule has 1 aromatic carbocycles. The number of carbonyl (C=O) groups is 2. The second-order valence-electron chi connectivity index (χ2n) is 5.51. The third-order valence-corrected chi connectivity index (χ3v) is 3.74. The van der Waals surface area contributed by atoms with Gasteiger partial charge in [-0.2, -0.15) is 0 Å². The molecule has 1 amide bonds. The second-order valence-corrected chi connectivity index (χ2v) is 5.51. The molecule has 6 nitrogen and oxygen atoms in total. The van der Waals surface area contributed by atoms with Gasteiger partial charge in [-0.15, -0.1) is 0 Å². The molecule has 2 atom stereocenters. The van der Waals surface area contributed by atoms with Crippen LogP contribution in [0, 0.1) is 18.8 Å². The Morgan fingerprint density at radius 1 is 1.32 bits per heavy atom. The molecule has 114 valence electrons. The molecule has 1 fully saturated rings. The summed E-state index contributed by atoms with van der Waals surface area (Å²) < 4.78 is 5.40. The van der Waals surface area contributed by atoms with Gasteiger partial charge in [0, 0.05) is 5.56 Å². The number of oxazole rings is 1. The first kappa shape index (κ1) is 14.3. The number of amides is 1. The van der Waals surface area contributed by atoms with Crippen LogP contribution in [0.25, 0.3) is 11.5 Å². The van der Waals surface area contributed by atoms with E-state index in [0.717, 1.165) is 11.1 Å². The smallest absolute Gasteiger partial charge is 0.307 e. The average Bonchev–Trinajstić information content (AvgIpc) is 3.18. The maximum atomic E-state index is 11.8. The highest BCUT2D eigenvalue weighted by Crippen LogP contribution is 2.38. The van der Waals surface area contributed by atoms with Crippen LogP contribution >= 0.6 is 0 Å². The number of benzene rings is 1. The summed E-state index contributed by atoms with van der Waals surface area (Å²) in [5, 5.41) is 11.5. The summed E-state index contributed by atoms with van der Waals surface area (Å²) in [6.07, 6.45) is 1.91. The van der Waals surface area contributed by atoms with Crippen LogP contribution in [-0.4, -0.2) is 22.0 Å². The number of hydrogen-bond acceptors (Lipinski definition) is 4. The molecule has 1 saturated carbocycles. The fourth-order valence-electron chi connectivity index (χ4n) is 2.28. The van der Waals surface area contributed by atoms with E-state index in [1.807, 2.05) is 31.2 Å². The molecule has 1 aromatic heterocycles. The number of aryl methyl sites for hydroxylation is 1. The van der Waals surface area contributed by atoms with Crippen molar-refractivity contribution in [2.75, 3.05) is 0 Å². The van der Waals surface area contributed by atoms with Gasteiger partial charge >= 0.3 is 5.97 Å². The minimum atomic E-state index is -0.914. The maximum Gasteiger partial charge on any atom is 0.307 e. The van der Waals surface area contributed by atoms with Crippen molar-refractivity contribution in [2.45, 2.75) is 19.9 Å². The third kappa shape index (κ3) is 3.00. The van der Waals surface area contributed by atoms with E-state index in [1.165, 1.54) is 6.26 Å². The van der Waals surface area contributed by atoms with Crippen LogP contribution in [0.1, 0.15) is 17.7 Å². The molecule has 22 heavy (non-hydrogen) atoms. The summed E-state index contributed by atoms with van der Waals surface area (Å²) in [6, 6.07) is 7.79. The van der Waals surface area contributed by atoms with E-state index >= 15 is 0 Å². The second kappa shape index (κ2) is 5.63. The van der Waals surface area contributed by atoms with Crippen LogP contribution in [0.15, 0.2) is 34.9 Å². The highest BCUT2D eigenvalue weighted by molar-refractivity contribution is 5.89. The molecule has 0 spiro atoms. The molecule has 0 aliphatic heterocycles. The zero-order valence-electron chi connectivity index (χ0n) is 12.1. The maximum absolute atomic E-state index is 11.8. The van der Waals surface area contributed by atoms with Gasteiger partial charge in [-0.05, 0) is 25.5 Å². The molecule has 3 rings (SSSR count). The Morgan fingerprint density at radius 3 is 2.68 bits per heavy atom. The van der Waals surface area contributed by atoms with Crippen LogP contribution < -0.4 is 5.32 Å². The Kier molecular flexibility index (Phi) is 3.66. The number of nitrogens with zero attached hydrogens (tertiary/aromatic N) is 1. The lowest BCUT2D eigenvalue weighted by atomic mass is 10.1. The Hall–Kier alpha value is -2.63. The van der Waals surface area contributed by atoms with Crippen molar-refractivity contribution in [3.05, 3.63) is 41.8 Å². The van der Waals surface area contributed by atoms with E-state index in [2.05, 4.69) is 10.3 Å². The fourth-order valence-corrected chi connectivity index (χ4v) is 2.28. The van der Waals surface area contributed by atoms with Gasteiger partial charge < -0.3 is 14.8 Å². The molecular weight excluding hydrogens is 284 g/mol. The number of carboxylic acids is 1. The van der Waals surface area contributed by atoms with Crippen molar-refractivity contribution >= 4 is 11.9 Å². The quantitative estimate of drug-likeness (QED) is 0.881. The molecular formula is C16H16N2O4. The summed E-state index contributed by atoms with van der Waals surface area (Å²) in [4.78, 5) is 26.8. The standard InChI is InChI=1S/C16H16N2O4/c1-9-2-4-10(5-3-9)15-18-11(8-22-15)7-17-14(19)12-6-13(12)16(20)21/h2-5,8,12-13H,6-7H2,1H3,(H,17,19)(H,20,21). The Morgan fingerprint density at radius 2 is 2.05 bits per heavy atom. The third-order valence-electron chi connectivity index (χ3n) is 3.74. The summed E-state index contributed by atoms with van der Waals surface area (Å²) >= 11 is 0. The van der Waals surface area contributed by atoms with Crippen molar-refractivity contribution in [2.24, 2.45) is 11.8 Å². The van der Waals surface area contributed by atoms with Gasteiger partial charge in [0.15, 0.2) is 0 Å². The minimum Gasteiger partial charge on any atom is -0.481 e. The van der Waals surface area contributed by atoms with E-state index in [-0.39, 0.29) is 12.5 Å². The first-order chi connectivity index (χ1) is 10.5. The summed E-state index contributed by atoms with van der Waals surface area (Å²) in [6.45, 7) is 2.24. The van der Waals surface area contributed by atoms with Gasteiger partial charge in [0.05, 0.1) is 24.1 Å². The zero-order valence-corrected chi connectivity index (χ0v) is 12.1. The Labute approximate surface area is 127 Å². The van der Waals surface area contributed by atoms with Crippen molar-refractivity contribution in [1.29, 1.82) is 0 Å². The highest BCUT2D eigenvalue weighted by atomic mass is 16.4. The molecule has 0 radical (unpaired) electrons. The number of carboxylic acid groups (broad SMARTS) is 1. The van der Waals surface area contributed by atoms with Gasteiger partial charge in [-0.1, -0.05) is 17.7 Å². The number of hydrogen-bond donors (Lipinski definition) is 2. The first-order valence-electron chi connectivity index (χ1n) is 7.06. The molecule has 1 aliphatic rings. The summed E-state index contributed by atoms with van der Waals surface area (Å²) in [7, 11) is 0. The van der Waals surface area contributed by atoms with Crippen molar-refractivity contribution in [3.63, 3.8) is 0 Å². The number of rotatable bonds is 5. The molecule has 1 heterocycles. The van der Waals surface area contributed by atoms with Gasteiger partial charge in [0.2, 0.25) is 11.8 Å². The van der Waals surface area contributed by atoms with Crippen LogP contribution in [0.5, 0.6) is 0 Å². The fraction of sp³-hybridized carbons (Fsp3) is 0.312. The van der Waals surface area contributed by atoms with Gasteiger partial charge in [-0.3, -0.25) is 9.59 Å². The molecule has 2 aromatic rings. The number of aliphatic carboxylic acids is 1. The lowest BCUT2D eigenvalue weighted by molar-refractivity contribution is -0.140. The Bertz CT molecular complexity index is 705. The monoisotopic (exact) mass is 300 g/mol. The van der Waals surface area contributed by atoms with Crippen LogP contribution in [0.3, 0.4) is 0 Å². The van der Waals surface area contributed by atoms with E-state index in [4.69, 9.17) is 9.52 Å². The lowest BCUT2D eigenvalue weighted by Crippen LogP contribution is -2.26. The summed E-state index contributed by atoms with van der Waals surface area (Å²) in [5.41, 5.74) is 2.63. The number of aromatic nitrogens is 1. The predicted molar refractivity (Wildman–Crippen MR) is 77.8 cm³/mol. The van der Waals surface area contributed by atoms with Crippen LogP contribution in [0.4, 0.5) is 0 Å². The largest absolute Gasteiger partial charge is 0.481 e. The van der Waals surface area contributed by atoms with Crippen molar-refractivity contribution in [1.82, 2.24) is 10.3 Å². The normalized spacial score (nSPS) is 19.7. The van der Waals surface area contributed by atoms with Crippen molar-refractivity contribution < 1.29 is 19.1 Å². The van der Waals surface area contributed by atoms with Gasteiger partial charge in [0.1, 0.15) is 6.26 Å². The summed E-state index contributed by atoms with van der Waals surface area (Å²) in [5.74, 6) is -1.61. The molecule has 0 bridgehead atoms. The van der Waals surface area contributed by atoms with Crippen LogP contribution in [-0.2, 0) is 16.1 Å². The number of carbonyl (C=O) groups excluding carboxylic acids is 1. The van der Waals surface area contributed by atoms with Crippen molar-refractivity contribution in [3.8, 4) is 11.5 Å².